The summed E-state index contributed by atoms with van der Waals surface area (Å²) in [4.78, 5) is 40.2. The van der Waals surface area contributed by atoms with Crippen LogP contribution in [0.3, 0.4) is 0 Å². The Morgan fingerprint density at radius 2 is 1.89 bits per heavy atom. The van der Waals surface area contributed by atoms with Crippen LogP contribution in [0.5, 0.6) is 0 Å². The summed E-state index contributed by atoms with van der Waals surface area (Å²) in [5, 5.41) is 12.2. The molecule has 0 spiro atoms. The molecule has 2 saturated carbocycles. The third-order valence-electron chi connectivity index (χ3n) is 5.59. The van der Waals surface area contributed by atoms with Crippen molar-refractivity contribution in [1.29, 1.82) is 0 Å². The first-order valence-electron chi connectivity index (χ1n) is 9.80. The Balaban J connectivity index is 1.49. The number of carbonyl (C=O) groups excluding carboxylic acids is 2. The largest absolute Gasteiger partial charge is 0.480 e. The molecular weight excluding hydrogens is 366 g/mol. The van der Waals surface area contributed by atoms with Crippen molar-refractivity contribution in [3.05, 3.63) is 0 Å². The maximum Gasteiger partial charge on any atom is 0.317 e. The number of nitrogens with zero attached hydrogens (tertiary/aromatic N) is 2. The molecule has 1 saturated heterocycles. The summed E-state index contributed by atoms with van der Waals surface area (Å²) < 4.78 is 0. The van der Waals surface area contributed by atoms with Crippen LogP contribution in [0, 0.1) is 11.3 Å². The Bertz CT molecular complexity index is 596. The summed E-state index contributed by atoms with van der Waals surface area (Å²) in [5.74, 6) is 0.989. The number of carbonyl (C=O) groups is 3. The van der Waals surface area contributed by atoms with Crippen molar-refractivity contribution in [1.82, 2.24) is 15.1 Å². The van der Waals surface area contributed by atoms with Gasteiger partial charge in [0.25, 0.3) is 0 Å². The zero-order chi connectivity index (χ0) is 19.8. The molecule has 3 fully saturated rings. The van der Waals surface area contributed by atoms with Crippen molar-refractivity contribution in [3.63, 3.8) is 0 Å². The molecule has 1 unspecified atom stereocenters. The van der Waals surface area contributed by atoms with Gasteiger partial charge in [0.2, 0.25) is 11.8 Å². The fourth-order valence-corrected chi connectivity index (χ4v) is 4.89. The summed E-state index contributed by atoms with van der Waals surface area (Å²) in [6.45, 7) is 6.56. The van der Waals surface area contributed by atoms with Gasteiger partial charge in [-0.05, 0) is 31.6 Å². The zero-order valence-corrected chi connectivity index (χ0v) is 17.3. The number of aliphatic carboxylic acids is 1. The van der Waals surface area contributed by atoms with Crippen LogP contribution in [-0.2, 0) is 14.4 Å². The van der Waals surface area contributed by atoms with Gasteiger partial charge in [0.1, 0.15) is 6.04 Å². The number of hydrogen-bond donors (Lipinski definition) is 2. The van der Waals surface area contributed by atoms with Crippen LogP contribution in [0.4, 0.5) is 0 Å². The monoisotopic (exact) mass is 397 g/mol. The molecule has 3 rings (SSSR count). The van der Waals surface area contributed by atoms with E-state index in [4.69, 9.17) is 5.11 Å². The van der Waals surface area contributed by atoms with E-state index in [9.17, 15) is 14.4 Å². The van der Waals surface area contributed by atoms with Crippen LogP contribution in [0.15, 0.2) is 0 Å². The molecule has 0 aromatic heterocycles. The molecule has 7 nitrogen and oxygen atoms in total. The minimum absolute atomic E-state index is 0.0104. The lowest BCUT2D eigenvalue weighted by Gasteiger charge is -2.43. The molecule has 0 aromatic carbocycles. The maximum atomic E-state index is 12.7. The minimum atomic E-state index is -0.789. The van der Waals surface area contributed by atoms with Crippen LogP contribution in [-0.4, -0.2) is 75.5 Å². The van der Waals surface area contributed by atoms with Gasteiger partial charge in [0.15, 0.2) is 0 Å². The van der Waals surface area contributed by atoms with Gasteiger partial charge in [0.05, 0.1) is 12.4 Å². The Labute approximate surface area is 165 Å². The van der Waals surface area contributed by atoms with Gasteiger partial charge >= 0.3 is 5.97 Å². The summed E-state index contributed by atoms with van der Waals surface area (Å²) >= 11 is 1.61. The number of hydrogen-bond acceptors (Lipinski definition) is 5. The lowest BCUT2D eigenvalue weighted by molar-refractivity contribution is -0.144. The van der Waals surface area contributed by atoms with Gasteiger partial charge in [-0.2, -0.15) is 0 Å². The van der Waals surface area contributed by atoms with Crippen LogP contribution in [0.1, 0.15) is 46.5 Å². The first kappa shape index (κ1) is 20.5. The highest BCUT2D eigenvalue weighted by molar-refractivity contribution is 7.99. The number of amides is 2. The molecule has 1 atom stereocenters. The smallest absolute Gasteiger partial charge is 0.317 e. The van der Waals surface area contributed by atoms with E-state index in [0.717, 1.165) is 19.4 Å². The van der Waals surface area contributed by atoms with Crippen LogP contribution in [0.25, 0.3) is 0 Å². The van der Waals surface area contributed by atoms with Crippen LogP contribution >= 0.6 is 11.8 Å². The average molecular weight is 398 g/mol. The van der Waals surface area contributed by atoms with Gasteiger partial charge in [-0.1, -0.05) is 20.8 Å². The van der Waals surface area contributed by atoms with E-state index in [2.05, 4.69) is 10.2 Å². The van der Waals surface area contributed by atoms with Gasteiger partial charge < -0.3 is 15.3 Å². The van der Waals surface area contributed by atoms with Crippen LogP contribution < -0.4 is 5.32 Å². The molecule has 2 N–H and O–H groups in total. The Hall–Kier alpha value is -1.28. The highest BCUT2D eigenvalue weighted by Crippen LogP contribution is 2.34. The average Bonchev–Trinajstić information content (AvgIpc) is 3.20. The van der Waals surface area contributed by atoms with Gasteiger partial charge in [-0.25, -0.2) is 0 Å². The second-order valence-electron chi connectivity index (χ2n) is 9.14. The summed E-state index contributed by atoms with van der Waals surface area (Å²) in [7, 11) is 0. The second-order valence-corrected chi connectivity index (χ2v) is 10.1. The van der Waals surface area contributed by atoms with E-state index in [0.29, 0.717) is 17.5 Å². The zero-order valence-electron chi connectivity index (χ0n) is 16.4. The normalized spacial score (nSPS) is 28.1. The minimum Gasteiger partial charge on any atom is -0.480 e. The molecule has 0 radical (unpaired) electrons. The fourth-order valence-electron chi connectivity index (χ4n) is 3.74. The van der Waals surface area contributed by atoms with Gasteiger partial charge in [-0.15, -0.1) is 11.8 Å². The van der Waals surface area contributed by atoms with Crippen molar-refractivity contribution >= 4 is 29.5 Å². The Morgan fingerprint density at radius 3 is 2.44 bits per heavy atom. The first-order chi connectivity index (χ1) is 12.6. The van der Waals surface area contributed by atoms with Gasteiger partial charge in [0, 0.05) is 29.8 Å². The highest BCUT2D eigenvalue weighted by Gasteiger charge is 2.42. The summed E-state index contributed by atoms with van der Waals surface area (Å²) in [5.41, 5.74) is -0.495. The molecule has 1 heterocycles. The molecule has 2 aliphatic carbocycles. The van der Waals surface area contributed by atoms with Crippen molar-refractivity contribution in [2.75, 3.05) is 24.7 Å². The van der Waals surface area contributed by atoms with Crippen molar-refractivity contribution in [2.24, 2.45) is 11.3 Å². The Morgan fingerprint density at radius 1 is 1.22 bits per heavy atom. The summed E-state index contributed by atoms with van der Waals surface area (Å²) in [6.07, 6.45) is 3.97. The number of carboxylic acids is 1. The molecule has 0 aromatic rings. The van der Waals surface area contributed by atoms with Crippen molar-refractivity contribution in [3.8, 4) is 0 Å². The van der Waals surface area contributed by atoms with E-state index >= 15 is 0 Å². The summed E-state index contributed by atoms with van der Waals surface area (Å²) in [6, 6.07) is -0.0881. The van der Waals surface area contributed by atoms with E-state index in [1.54, 1.807) is 16.7 Å². The van der Waals surface area contributed by atoms with E-state index < -0.39 is 17.4 Å². The van der Waals surface area contributed by atoms with Gasteiger partial charge in [-0.3, -0.25) is 19.3 Å². The number of carboxylic acid groups (broad SMARTS) is 1. The second kappa shape index (κ2) is 7.99. The van der Waals surface area contributed by atoms with Crippen molar-refractivity contribution in [2.45, 2.75) is 64.6 Å². The number of nitrogens with one attached hydrogen (secondary N) is 1. The van der Waals surface area contributed by atoms with Crippen molar-refractivity contribution < 1.29 is 19.5 Å². The SMILES string of the molecule is CC(C)(C)C(=O)N1CSCC1C(=O)NC1CC(N(CC(=O)O)CC2CC2)C1. The third-order valence-corrected chi connectivity index (χ3v) is 6.60. The molecule has 152 valence electrons. The molecule has 0 bridgehead atoms. The predicted molar refractivity (Wildman–Crippen MR) is 104 cm³/mol. The molecular formula is C19H31N3O4S. The standard InChI is InChI=1S/C19H31N3O4S/c1-19(2,3)18(26)22-11-27-10-15(22)17(25)20-13-6-14(7-13)21(9-16(23)24)8-12-4-5-12/h12-15H,4-11H2,1-3H3,(H,20,25)(H,23,24). The lowest BCUT2D eigenvalue weighted by atomic mass is 9.85. The molecule has 8 heteroatoms. The molecule has 2 amide bonds. The molecule has 3 aliphatic rings. The lowest BCUT2D eigenvalue weighted by Crippen LogP contribution is -2.58. The predicted octanol–water partition coefficient (Wildman–Crippen LogP) is 1.38. The van der Waals surface area contributed by atoms with E-state index in [1.165, 1.54) is 12.8 Å². The Kier molecular flexibility index (Phi) is 6.05. The molecule has 1 aliphatic heterocycles. The fraction of sp³-hybridized carbons (Fsp3) is 0.842. The van der Waals surface area contributed by atoms with E-state index in [1.807, 2.05) is 20.8 Å². The third kappa shape index (κ3) is 5.16. The maximum absolute atomic E-state index is 12.7. The van der Waals surface area contributed by atoms with Crippen LogP contribution in [0.2, 0.25) is 0 Å². The number of thioether (sulfide) groups is 1. The van der Waals surface area contributed by atoms with E-state index in [-0.39, 0.29) is 30.4 Å². The molecule has 27 heavy (non-hydrogen) atoms. The topological polar surface area (TPSA) is 90.0 Å². The quantitative estimate of drug-likeness (QED) is 0.675. The first-order valence-corrected chi connectivity index (χ1v) is 11.0. The highest BCUT2D eigenvalue weighted by atomic mass is 32.2. The number of rotatable bonds is 7.